The van der Waals surface area contributed by atoms with Crippen LogP contribution in [0.4, 0.5) is 0 Å². The molecular weight excluding hydrogens is 813 g/mol. The summed E-state index contributed by atoms with van der Waals surface area (Å²) in [6, 6.07) is 31.3. The molecule has 2 aromatic heterocycles. The molecule has 12 heteroatoms. The van der Waals surface area contributed by atoms with Gasteiger partial charge in [-0.2, -0.15) is 10.5 Å². The second-order valence-corrected chi connectivity index (χ2v) is 17.2. The summed E-state index contributed by atoms with van der Waals surface area (Å²) in [5, 5.41) is 19.2. The Bertz CT molecular complexity index is 2690. The molecule has 8 rings (SSSR count). The van der Waals surface area contributed by atoms with E-state index in [-0.39, 0.29) is 11.8 Å². The van der Waals surface area contributed by atoms with Crippen molar-refractivity contribution in [3.05, 3.63) is 155 Å². The minimum atomic E-state index is -0.538. The van der Waals surface area contributed by atoms with Crippen molar-refractivity contribution in [2.45, 2.75) is 96.1 Å². The Morgan fingerprint density at radius 3 is 1.63 bits per heavy atom. The summed E-state index contributed by atoms with van der Waals surface area (Å²) in [7, 11) is 3.79. The first-order valence-electron chi connectivity index (χ1n) is 22.6. The number of rotatable bonds is 12. The number of carbonyl (C=O) groups excluding carboxylic acids is 2. The quantitative estimate of drug-likeness (QED) is 0.118. The van der Waals surface area contributed by atoms with E-state index in [0.717, 1.165) is 92.5 Å². The van der Waals surface area contributed by atoms with Crippen LogP contribution in [0.3, 0.4) is 0 Å². The third kappa shape index (κ3) is 10.1. The van der Waals surface area contributed by atoms with Crippen molar-refractivity contribution in [3.8, 4) is 35.1 Å². The zero-order valence-corrected chi connectivity index (χ0v) is 38.2. The van der Waals surface area contributed by atoms with Crippen molar-refractivity contribution in [2.24, 2.45) is 0 Å². The first kappa shape index (κ1) is 45.8. The molecule has 2 fully saturated rings. The van der Waals surface area contributed by atoms with Gasteiger partial charge < -0.3 is 28.4 Å². The van der Waals surface area contributed by atoms with Crippen molar-refractivity contribution < 1.29 is 19.1 Å². The number of hydrogen-bond acceptors (Lipinski definition) is 8. The molecule has 65 heavy (non-hydrogen) atoms. The Kier molecular flexibility index (Phi) is 14.5. The van der Waals surface area contributed by atoms with Gasteiger partial charge in [-0.05, 0) is 116 Å². The van der Waals surface area contributed by atoms with Crippen LogP contribution in [0.2, 0.25) is 0 Å². The molecule has 0 bridgehead atoms. The fourth-order valence-electron chi connectivity index (χ4n) is 9.31. The molecule has 334 valence electrons. The van der Waals surface area contributed by atoms with Crippen molar-refractivity contribution in [1.29, 1.82) is 10.5 Å². The number of likely N-dealkylation sites (tertiary alicyclic amines) is 2. The van der Waals surface area contributed by atoms with Crippen molar-refractivity contribution >= 4 is 11.8 Å². The van der Waals surface area contributed by atoms with Gasteiger partial charge in [0.1, 0.15) is 41.0 Å². The Labute approximate surface area is 382 Å². The number of aryl methyl sites for hydroxylation is 1. The zero-order chi connectivity index (χ0) is 46.0. The first-order chi connectivity index (χ1) is 31.5. The largest absolute Gasteiger partial charge is 0.456 e. The van der Waals surface area contributed by atoms with Gasteiger partial charge in [-0.3, -0.25) is 9.59 Å². The average Bonchev–Trinajstić information content (AvgIpc) is 3.93. The van der Waals surface area contributed by atoms with Gasteiger partial charge in [-0.25, -0.2) is 9.97 Å². The molecule has 2 saturated heterocycles. The number of aromatic nitrogens is 4. The number of amides is 2. The summed E-state index contributed by atoms with van der Waals surface area (Å²) in [4.78, 5) is 38.7. The standard InChI is InChI=1S/C27H30N4O2.C26H28N4O2/c1-4-27(12-5-6-14-30(3)26(27)32)23-8-7-9-24(17-23)33-25-16-21(10-11-22(25)18-28)19-31-15-13-29-20(31)2;1-3-26(11-4-5-13-29(2)25(26)31)22-7-6-8-23(16-22)32-24-15-20(9-10-21(24)17-27)18-30-14-12-28-19-30/h7-11,13,15-17H,4-6,12,14,19H2,1-3H3;6-10,12,14-16,19H,3-5,11,13,18H2,1-2H3/t;26-/m.1/s1. The second kappa shape index (κ2) is 20.5. The lowest BCUT2D eigenvalue weighted by atomic mass is 9.73. The molecule has 2 aliphatic heterocycles. The van der Waals surface area contributed by atoms with Gasteiger partial charge >= 0.3 is 0 Å². The lowest BCUT2D eigenvalue weighted by Crippen LogP contribution is -2.43. The second-order valence-electron chi connectivity index (χ2n) is 17.2. The van der Waals surface area contributed by atoms with Gasteiger partial charge in [0.2, 0.25) is 11.8 Å². The third-order valence-corrected chi connectivity index (χ3v) is 13.2. The van der Waals surface area contributed by atoms with Crippen LogP contribution in [-0.4, -0.2) is 67.9 Å². The molecule has 2 atom stereocenters. The van der Waals surface area contributed by atoms with Crippen LogP contribution < -0.4 is 9.47 Å². The fourth-order valence-corrected chi connectivity index (χ4v) is 9.31. The fraction of sp³-hybridized carbons (Fsp3) is 0.358. The highest BCUT2D eigenvalue weighted by molar-refractivity contribution is 5.89. The van der Waals surface area contributed by atoms with Crippen molar-refractivity contribution in [3.63, 3.8) is 0 Å². The van der Waals surface area contributed by atoms with Crippen LogP contribution in [0, 0.1) is 29.6 Å². The van der Waals surface area contributed by atoms with Crippen LogP contribution in [0.5, 0.6) is 23.0 Å². The van der Waals surface area contributed by atoms with Gasteiger partial charge in [0.15, 0.2) is 0 Å². The van der Waals surface area contributed by atoms with Crippen LogP contribution in [0.15, 0.2) is 116 Å². The molecule has 4 aromatic carbocycles. The number of likely N-dealkylation sites (N-methyl/N-ethyl adjacent to an activating group) is 2. The molecule has 2 aliphatic rings. The highest BCUT2D eigenvalue weighted by Gasteiger charge is 2.42. The topological polar surface area (TPSA) is 142 Å². The smallest absolute Gasteiger partial charge is 0.232 e. The monoisotopic (exact) mass is 870 g/mol. The minimum absolute atomic E-state index is 0.176. The number of carbonyl (C=O) groups is 2. The van der Waals surface area contributed by atoms with E-state index in [1.54, 1.807) is 30.9 Å². The zero-order valence-electron chi connectivity index (χ0n) is 38.2. The summed E-state index contributed by atoms with van der Waals surface area (Å²) in [5.74, 6) is 3.57. The van der Waals surface area contributed by atoms with E-state index in [9.17, 15) is 20.1 Å². The maximum absolute atomic E-state index is 13.3. The number of imidazole rings is 2. The van der Waals surface area contributed by atoms with Crippen LogP contribution in [0.25, 0.3) is 0 Å². The molecule has 1 unspecified atom stereocenters. The predicted octanol–water partition coefficient (Wildman–Crippen LogP) is 10.1. The Morgan fingerprint density at radius 2 is 1.18 bits per heavy atom. The van der Waals surface area contributed by atoms with Crippen LogP contribution in [0.1, 0.15) is 104 Å². The molecule has 0 N–H and O–H groups in total. The van der Waals surface area contributed by atoms with Crippen molar-refractivity contribution in [1.82, 2.24) is 28.9 Å². The Balaban J connectivity index is 0.000000194. The Hall–Kier alpha value is -7.18. The van der Waals surface area contributed by atoms with E-state index in [4.69, 9.17) is 9.47 Å². The van der Waals surface area contributed by atoms with Gasteiger partial charge in [0, 0.05) is 65.1 Å². The van der Waals surface area contributed by atoms with E-state index >= 15 is 0 Å². The lowest BCUT2D eigenvalue weighted by molar-refractivity contribution is -0.136. The van der Waals surface area contributed by atoms with Crippen molar-refractivity contribution in [2.75, 3.05) is 27.2 Å². The van der Waals surface area contributed by atoms with E-state index in [0.29, 0.717) is 47.2 Å². The van der Waals surface area contributed by atoms with Crippen LogP contribution in [-0.2, 0) is 33.5 Å². The summed E-state index contributed by atoms with van der Waals surface area (Å²) in [5.41, 5.74) is 3.86. The highest BCUT2D eigenvalue weighted by atomic mass is 16.5. The van der Waals surface area contributed by atoms with Crippen LogP contribution >= 0.6 is 0 Å². The number of hydrogen-bond donors (Lipinski definition) is 0. The number of nitriles is 2. The highest BCUT2D eigenvalue weighted by Crippen LogP contribution is 2.41. The maximum Gasteiger partial charge on any atom is 0.232 e. The SMILES string of the molecule is CCC1(c2cccc(Oc3cc(Cn4ccnc4C)ccc3C#N)c2)CCCCN(C)C1=O.CC[C@]1(c2cccc(Oc3cc(Cn4ccnc4)ccc3C#N)c2)CCCCN(C)C1=O. The van der Waals surface area contributed by atoms with E-state index in [1.807, 2.05) is 125 Å². The van der Waals surface area contributed by atoms with Gasteiger partial charge in [0.05, 0.1) is 28.3 Å². The summed E-state index contributed by atoms with van der Waals surface area (Å²) < 4.78 is 16.4. The minimum Gasteiger partial charge on any atom is -0.456 e. The molecule has 0 spiro atoms. The number of ether oxygens (including phenoxy) is 2. The van der Waals surface area contributed by atoms with E-state index in [1.165, 1.54) is 0 Å². The number of benzene rings is 4. The molecule has 12 nitrogen and oxygen atoms in total. The Morgan fingerprint density at radius 1 is 0.662 bits per heavy atom. The molecular formula is C53H58N8O4. The number of nitrogens with zero attached hydrogens (tertiary/aromatic N) is 8. The summed E-state index contributed by atoms with van der Waals surface area (Å²) in [6.45, 7) is 9.01. The first-order valence-corrected chi connectivity index (χ1v) is 22.6. The van der Waals surface area contributed by atoms with Gasteiger partial charge in [0.25, 0.3) is 0 Å². The lowest BCUT2D eigenvalue weighted by Gasteiger charge is -2.33. The summed E-state index contributed by atoms with van der Waals surface area (Å²) >= 11 is 0. The molecule has 2 amide bonds. The molecule has 0 radical (unpaired) electrons. The molecule has 4 heterocycles. The third-order valence-electron chi connectivity index (χ3n) is 13.2. The average molecular weight is 871 g/mol. The molecule has 0 aliphatic carbocycles. The summed E-state index contributed by atoms with van der Waals surface area (Å²) in [6.07, 6.45) is 16.3. The molecule has 6 aromatic rings. The van der Waals surface area contributed by atoms with Gasteiger partial charge in [-0.1, -0.05) is 63.1 Å². The van der Waals surface area contributed by atoms with Gasteiger partial charge in [-0.15, -0.1) is 0 Å². The maximum atomic E-state index is 13.3. The molecule has 0 saturated carbocycles. The normalized spacial score (nSPS) is 18.7. The van der Waals surface area contributed by atoms with E-state index in [2.05, 4.69) is 36.0 Å². The predicted molar refractivity (Wildman–Crippen MR) is 250 cm³/mol. The van der Waals surface area contributed by atoms with E-state index < -0.39 is 10.8 Å².